The van der Waals surface area contributed by atoms with Crippen LogP contribution in [0.5, 0.6) is 0 Å². The molecule has 0 aromatic heterocycles. The van der Waals surface area contributed by atoms with Crippen molar-refractivity contribution in [2.24, 2.45) is 0 Å². The van der Waals surface area contributed by atoms with Gasteiger partial charge in [-0.05, 0) is 86.4 Å². The van der Waals surface area contributed by atoms with E-state index in [4.69, 9.17) is 13.7 Å². The fraction of sp³-hybridized carbons (Fsp3) is 0.967. The topological polar surface area (TPSA) is 63.3 Å². The average molecular weight is 624 g/mol. The molecule has 0 bridgehead atoms. The molecule has 10 heteroatoms. The standard InChI is InChI=1S/C30H66N3O4PSSi/c1-16-30(17-2,22-37-40(14,15)29(11,12)13)31-19-18-28(34)39-23-35-20-21-36-38(32(24(3)4)25(5)6)33(26(7)8)27(9)10/h24-27,31H,16-23H2,1-15H3. The highest BCUT2D eigenvalue weighted by atomic mass is 32.2. The molecule has 1 N–H and O–H groups in total. The molecule has 0 heterocycles. The van der Waals surface area contributed by atoms with Gasteiger partial charge in [-0.25, -0.2) is 9.34 Å². The normalized spacial score (nSPS) is 13.8. The Balaban J connectivity index is 4.71. The number of nitrogens with zero attached hydrogens (tertiary/aromatic N) is 2. The Morgan fingerprint density at radius 1 is 0.875 bits per heavy atom. The number of hydrogen-bond acceptors (Lipinski definition) is 8. The second-order valence-electron chi connectivity index (χ2n) is 13.5. The highest BCUT2D eigenvalue weighted by Gasteiger charge is 2.39. The van der Waals surface area contributed by atoms with Gasteiger partial charge in [-0.3, -0.25) is 4.79 Å². The van der Waals surface area contributed by atoms with Gasteiger partial charge in [-0.15, -0.1) is 0 Å². The van der Waals surface area contributed by atoms with Gasteiger partial charge in [0, 0.05) is 42.7 Å². The average Bonchev–Trinajstić information content (AvgIpc) is 2.81. The number of ether oxygens (including phenoxy) is 1. The van der Waals surface area contributed by atoms with Crippen molar-refractivity contribution in [3.8, 4) is 0 Å². The van der Waals surface area contributed by atoms with Crippen LogP contribution < -0.4 is 5.32 Å². The van der Waals surface area contributed by atoms with Crippen LogP contribution in [-0.2, 0) is 18.5 Å². The number of thioether (sulfide) groups is 1. The van der Waals surface area contributed by atoms with Crippen LogP contribution in [0.1, 0.15) is 109 Å². The smallest absolute Gasteiger partial charge is 0.192 e. The van der Waals surface area contributed by atoms with Gasteiger partial charge < -0.3 is 19.0 Å². The van der Waals surface area contributed by atoms with E-state index < -0.39 is 16.8 Å². The minimum absolute atomic E-state index is 0.0909. The van der Waals surface area contributed by atoms with Crippen molar-refractivity contribution in [1.82, 2.24) is 14.7 Å². The molecule has 0 fully saturated rings. The summed E-state index contributed by atoms with van der Waals surface area (Å²) < 4.78 is 23.8. The van der Waals surface area contributed by atoms with Crippen LogP contribution in [0.2, 0.25) is 18.1 Å². The Bertz CT molecular complexity index is 665. The quantitative estimate of drug-likeness (QED) is 0.0593. The van der Waals surface area contributed by atoms with Crippen LogP contribution in [0.25, 0.3) is 0 Å². The summed E-state index contributed by atoms with van der Waals surface area (Å²) in [6.07, 6.45) is 2.43. The molecule has 7 nitrogen and oxygen atoms in total. The predicted molar refractivity (Wildman–Crippen MR) is 180 cm³/mol. The minimum Gasteiger partial charge on any atom is -0.415 e. The molecule has 0 amide bonds. The van der Waals surface area contributed by atoms with Crippen LogP contribution >= 0.6 is 20.2 Å². The molecule has 0 aromatic rings. The van der Waals surface area contributed by atoms with E-state index in [1.807, 2.05) is 0 Å². The van der Waals surface area contributed by atoms with E-state index >= 15 is 0 Å². The van der Waals surface area contributed by atoms with Gasteiger partial charge in [-0.2, -0.15) is 0 Å². The number of hydrogen-bond donors (Lipinski definition) is 1. The van der Waals surface area contributed by atoms with Gasteiger partial charge >= 0.3 is 0 Å². The van der Waals surface area contributed by atoms with E-state index in [1.54, 1.807) is 0 Å². The van der Waals surface area contributed by atoms with Crippen molar-refractivity contribution in [2.45, 2.75) is 157 Å². The monoisotopic (exact) mass is 623 g/mol. The first kappa shape index (κ1) is 40.4. The first-order valence-corrected chi connectivity index (χ1v) is 20.5. The summed E-state index contributed by atoms with van der Waals surface area (Å²) in [5.74, 6) is 0.359. The first-order chi connectivity index (χ1) is 18.4. The number of nitrogens with one attached hydrogen (secondary N) is 1. The molecule has 0 aliphatic heterocycles. The summed E-state index contributed by atoms with van der Waals surface area (Å²) in [5, 5.41) is 4.00. The largest absolute Gasteiger partial charge is 0.415 e. The molecule has 0 aliphatic carbocycles. The molecule has 0 saturated carbocycles. The molecule has 0 unspecified atom stereocenters. The summed E-state index contributed by atoms with van der Waals surface area (Å²) in [5.41, 5.74) is -0.0909. The molecule has 0 radical (unpaired) electrons. The molecular weight excluding hydrogens is 557 g/mol. The molecule has 0 aromatic carbocycles. The van der Waals surface area contributed by atoms with Crippen molar-refractivity contribution in [2.75, 3.05) is 32.3 Å². The second kappa shape index (κ2) is 19.0. The van der Waals surface area contributed by atoms with Gasteiger partial charge in [0.2, 0.25) is 0 Å². The Kier molecular flexibility index (Phi) is 19.2. The zero-order valence-electron chi connectivity index (χ0n) is 28.8. The summed E-state index contributed by atoms with van der Waals surface area (Å²) in [6.45, 7) is 36.0. The maximum absolute atomic E-state index is 12.6. The molecular formula is C30H66N3O4PSSi. The lowest BCUT2D eigenvalue weighted by Crippen LogP contribution is -2.53. The Morgan fingerprint density at radius 2 is 1.35 bits per heavy atom. The van der Waals surface area contributed by atoms with Crippen LogP contribution in [0.4, 0.5) is 0 Å². The molecule has 240 valence electrons. The zero-order chi connectivity index (χ0) is 31.3. The lowest BCUT2D eigenvalue weighted by atomic mass is 9.94. The molecule has 0 spiro atoms. The van der Waals surface area contributed by atoms with Crippen molar-refractivity contribution in [3.05, 3.63) is 0 Å². The highest BCUT2D eigenvalue weighted by Crippen LogP contribution is 2.50. The summed E-state index contributed by atoms with van der Waals surface area (Å²) in [4.78, 5) is 12.6. The Morgan fingerprint density at radius 3 is 1.75 bits per heavy atom. The van der Waals surface area contributed by atoms with E-state index in [-0.39, 0.29) is 15.7 Å². The van der Waals surface area contributed by atoms with Crippen molar-refractivity contribution < 1.29 is 18.5 Å². The number of carbonyl (C=O) groups excluding carboxylic acids is 1. The Labute approximate surface area is 255 Å². The highest BCUT2D eigenvalue weighted by molar-refractivity contribution is 8.13. The van der Waals surface area contributed by atoms with E-state index in [9.17, 15) is 4.79 Å². The van der Waals surface area contributed by atoms with E-state index in [0.717, 1.165) is 12.8 Å². The lowest BCUT2D eigenvalue weighted by molar-refractivity contribution is -0.111. The van der Waals surface area contributed by atoms with Crippen molar-refractivity contribution in [3.63, 3.8) is 0 Å². The van der Waals surface area contributed by atoms with Crippen molar-refractivity contribution in [1.29, 1.82) is 0 Å². The third-order valence-electron chi connectivity index (χ3n) is 7.95. The van der Waals surface area contributed by atoms with Gasteiger partial charge in [-0.1, -0.05) is 46.4 Å². The third-order valence-corrected chi connectivity index (χ3v) is 16.3. The summed E-state index contributed by atoms with van der Waals surface area (Å²) in [6, 6.07) is 1.52. The maximum atomic E-state index is 12.6. The molecule has 0 saturated heterocycles. The van der Waals surface area contributed by atoms with Gasteiger partial charge in [0.25, 0.3) is 0 Å². The number of carbonyl (C=O) groups is 1. The van der Waals surface area contributed by atoms with Gasteiger partial charge in [0.1, 0.15) is 0 Å². The fourth-order valence-electron chi connectivity index (χ4n) is 4.37. The first-order valence-electron chi connectivity index (χ1n) is 15.5. The molecule has 40 heavy (non-hydrogen) atoms. The number of rotatable bonds is 21. The zero-order valence-corrected chi connectivity index (χ0v) is 31.6. The molecule has 0 aliphatic rings. The molecule has 0 rings (SSSR count). The van der Waals surface area contributed by atoms with Gasteiger partial charge in [0.05, 0.1) is 25.8 Å². The van der Waals surface area contributed by atoms with Gasteiger partial charge in [0.15, 0.2) is 21.9 Å². The van der Waals surface area contributed by atoms with E-state index in [0.29, 0.717) is 62.9 Å². The second-order valence-corrected chi connectivity index (χ2v) is 21.0. The Hall–Kier alpha value is 0.427. The van der Waals surface area contributed by atoms with Crippen LogP contribution in [0, 0.1) is 0 Å². The predicted octanol–water partition coefficient (Wildman–Crippen LogP) is 8.26. The lowest BCUT2D eigenvalue weighted by Gasteiger charge is -2.45. The van der Waals surface area contributed by atoms with Crippen LogP contribution in [-0.4, -0.2) is 84.8 Å². The van der Waals surface area contributed by atoms with Crippen LogP contribution in [0.15, 0.2) is 0 Å². The maximum Gasteiger partial charge on any atom is 0.192 e. The third kappa shape index (κ3) is 13.8. The summed E-state index contributed by atoms with van der Waals surface area (Å²) >= 11 is 1.26. The van der Waals surface area contributed by atoms with Crippen LogP contribution in [0.3, 0.4) is 0 Å². The minimum atomic E-state index is -1.82. The molecule has 0 atom stereocenters. The van der Waals surface area contributed by atoms with E-state index in [2.05, 4.69) is 118 Å². The van der Waals surface area contributed by atoms with Crippen molar-refractivity contribution >= 4 is 33.6 Å². The van der Waals surface area contributed by atoms with E-state index in [1.165, 1.54) is 11.8 Å². The SMILES string of the molecule is CCC(CC)(CO[Si](C)(C)C(C)(C)C)NCCC(=O)SCOCCOP(N(C(C)C)C(C)C)N(C(C)C)C(C)C. The summed E-state index contributed by atoms with van der Waals surface area (Å²) in [7, 11) is -2.74. The fourth-order valence-corrected chi connectivity index (χ4v) is 8.34.